The highest BCUT2D eigenvalue weighted by atomic mass is 31.2. The maximum absolute atomic E-state index is 13.0. The van der Waals surface area contributed by atoms with Gasteiger partial charge in [-0.25, -0.2) is 28.0 Å². The van der Waals surface area contributed by atoms with Crippen molar-refractivity contribution >= 4 is 20.1 Å². The molecule has 0 radical (unpaired) electrons. The van der Waals surface area contributed by atoms with Crippen LogP contribution in [-0.4, -0.2) is 72.6 Å². The van der Waals surface area contributed by atoms with Crippen LogP contribution in [0, 0.1) is 18.3 Å². The zero-order valence-electron chi connectivity index (χ0n) is 24.1. The lowest BCUT2D eigenvalue weighted by molar-refractivity contribution is -0.0600. The van der Waals surface area contributed by atoms with Crippen molar-refractivity contribution in [2.45, 2.75) is 72.5 Å². The Bertz CT molecular complexity index is 1090. The predicted molar refractivity (Wildman–Crippen MR) is 143 cm³/mol. The van der Waals surface area contributed by atoms with Gasteiger partial charge in [0, 0.05) is 19.4 Å². The van der Waals surface area contributed by atoms with Gasteiger partial charge in [-0.2, -0.15) is 0 Å². The minimum atomic E-state index is -4.50. The molecular formula is C24H39N2O14P. The second kappa shape index (κ2) is 19.8. The molecule has 2 heterocycles. The summed E-state index contributed by atoms with van der Waals surface area (Å²) < 4.78 is 54.0. The quantitative estimate of drug-likeness (QED) is 0.151. The summed E-state index contributed by atoms with van der Waals surface area (Å²) in [7, 11) is -3.50. The number of H-pyrrole nitrogens is 1. The van der Waals surface area contributed by atoms with Gasteiger partial charge in [0.15, 0.2) is 6.23 Å². The molecule has 234 valence electrons. The highest BCUT2D eigenvalue weighted by Crippen LogP contribution is 2.50. The molecule has 17 heteroatoms. The van der Waals surface area contributed by atoms with Crippen LogP contribution in [0.1, 0.15) is 54.2 Å². The Morgan fingerprint density at radius 3 is 2.02 bits per heavy atom. The summed E-state index contributed by atoms with van der Waals surface area (Å²) in [5.74, 6) is 1.90. The van der Waals surface area contributed by atoms with Gasteiger partial charge >= 0.3 is 25.8 Å². The fraction of sp³-hybridized carbons (Fsp3) is 0.667. The third kappa shape index (κ3) is 14.3. The number of terminal acetylenes is 1. The van der Waals surface area contributed by atoms with Crippen LogP contribution < -0.4 is 11.2 Å². The maximum atomic E-state index is 13.0. The fourth-order valence-corrected chi connectivity index (χ4v) is 3.85. The second-order valence-corrected chi connectivity index (χ2v) is 9.70. The molecule has 3 atom stereocenters. The Balaban J connectivity index is 0.00000382. The number of rotatable bonds is 12. The lowest BCUT2D eigenvalue weighted by Crippen LogP contribution is -2.33. The molecule has 1 fully saturated rings. The first-order valence-corrected chi connectivity index (χ1v) is 14.0. The number of ether oxygens (including phenoxy) is 5. The first kappa shape index (κ1) is 37.8. The molecule has 0 spiro atoms. The highest BCUT2D eigenvalue weighted by Gasteiger charge is 2.38. The monoisotopic (exact) mass is 610 g/mol. The molecule has 2 N–H and O–H groups in total. The third-order valence-electron chi connectivity index (χ3n) is 4.39. The van der Waals surface area contributed by atoms with Crippen LogP contribution in [0.3, 0.4) is 0 Å². The summed E-state index contributed by atoms with van der Waals surface area (Å²) in [4.78, 5) is 48.6. The molecule has 16 nitrogen and oxygen atoms in total. The number of carbonyl (C=O) groups excluding carboxylic acids is 2. The Morgan fingerprint density at radius 1 is 1.07 bits per heavy atom. The molecule has 2 rings (SSSR count). The van der Waals surface area contributed by atoms with Crippen LogP contribution in [0.4, 0.5) is 9.59 Å². The van der Waals surface area contributed by atoms with E-state index in [4.69, 9.17) is 39.3 Å². The van der Waals surface area contributed by atoms with Gasteiger partial charge in [0.2, 0.25) is 13.6 Å². The van der Waals surface area contributed by atoms with Crippen LogP contribution in [-0.2, 0) is 41.8 Å². The van der Waals surface area contributed by atoms with Gasteiger partial charge in [-0.05, 0) is 34.1 Å². The number of phosphoric acid groups is 1. The fourth-order valence-electron chi connectivity index (χ4n) is 2.91. The third-order valence-corrected chi connectivity index (χ3v) is 5.70. The van der Waals surface area contributed by atoms with Crippen molar-refractivity contribution in [1.82, 2.24) is 9.55 Å². The van der Waals surface area contributed by atoms with Crippen molar-refractivity contribution in [3.63, 3.8) is 0 Å². The number of hydrogen-bond acceptors (Lipinski definition) is 14. The van der Waals surface area contributed by atoms with Gasteiger partial charge in [-0.1, -0.05) is 19.8 Å². The molecule has 1 aromatic heterocycles. The topological polar surface area (TPSA) is 200 Å². The number of aliphatic hydroxyl groups is 1. The SMILES string of the molecule is C#CC1CC(COP(=O)(OCOC(=O)OC(C)C)OCOC(=O)OC(C)C)OC1n1ccc(=O)[nH]c1=O.CC.CO. The van der Waals surface area contributed by atoms with E-state index in [1.807, 2.05) is 13.8 Å². The molecule has 1 aromatic rings. The van der Waals surface area contributed by atoms with Gasteiger partial charge in [0.1, 0.15) is 0 Å². The summed E-state index contributed by atoms with van der Waals surface area (Å²) in [5.41, 5.74) is -1.32. The molecule has 0 aliphatic carbocycles. The highest BCUT2D eigenvalue weighted by molar-refractivity contribution is 7.48. The van der Waals surface area contributed by atoms with E-state index >= 15 is 0 Å². The Labute approximate surface area is 237 Å². The summed E-state index contributed by atoms with van der Waals surface area (Å²) >= 11 is 0. The van der Waals surface area contributed by atoms with Crippen LogP contribution in [0.5, 0.6) is 0 Å². The van der Waals surface area contributed by atoms with Gasteiger partial charge < -0.3 is 28.8 Å². The standard InChI is InChI=1S/C21H29N2O13P.C2H6.CH4O/c1-6-15-9-16(36-18(15)23-8-7-17(24)22-19(23)25)10-31-37(28,32-11-29-20(26)34-13(2)3)33-12-30-21(27)35-14(4)5;2*1-2/h1,7-8,13-16,18H,9-12H2,2-5H3,(H,22,24,25);1-2H3;2H,1H3. The Hall–Kier alpha value is -3.19. The van der Waals surface area contributed by atoms with Crippen LogP contribution in [0.2, 0.25) is 0 Å². The van der Waals surface area contributed by atoms with Gasteiger partial charge in [0.05, 0.1) is 30.8 Å². The number of nitrogens with one attached hydrogen (secondary N) is 1. The molecule has 1 aliphatic heterocycles. The average Bonchev–Trinajstić information content (AvgIpc) is 3.32. The lowest BCUT2D eigenvalue weighted by atomic mass is 10.0. The maximum Gasteiger partial charge on any atom is 0.510 e. The molecule has 0 saturated carbocycles. The van der Waals surface area contributed by atoms with E-state index in [2.05, 4.69) is 20.4 Å². The normalized spacial score (nSPS) is 17.8. The minimum absolute atomic E-state index is 0.182. The zero-order chi connectivity index (χ0) is 31.6. The first-order chi connectivity index (χ1) is 19.4. The van der Waals surface area contributed by atoms with E-state index in [0.717, 1.165) is 17.7 Å². The number of hydrogen-bond donors (Lipinski definition) is 2. The van der Waals surface area contributed by atoms with Crippen molar-refractivity contribution in [2.75, 3.05) is 27.3 Å². The Kier molecular flexibility index (Phi) is 18.3. The Morgan fingerprint density at radius 2 is 1.59 bits per heavy atom. The minimum Gasteiger partial charge on any atom is -0.432 e. The van der Waals surface area contributed by atoms with Crippen LogP contribution >= 0.6 is 7.82 Å². The zero-order valence-corrected chi connectivity index (χ0v) is 25.0. The summed E-state index contributed by atoms with van der Waals surface area (Å²) in [5, 5.41) is 7.00. The molecule has 1 saturated heterocycles. The number of nitrogens with zero attached hydrogens (tertiary/aromatic N) is 1. The van der Waals surface area contributed by atoms with E-state index in [-0.39, 0.29) is 6.42 Å². The van der Waals surface area contributed by atoms with Crippen molar-refractivity contribution < 1.29 is 56.5 Å². The molecule has 0 bridgehead atoms. The number of aromatic nitrogens is 2. The molecule has 1 aliphatic rings. The summed E-state index contributed by atoms with van der Waals surface area (Å²) in [6, 6.07) is 1.13. The average molecular weight is 611 g/mol. The molecule has 0 aromatic carbocycles. The summed E-state index contributed by atoms with van der Waals surface area (Å²) in [6.07, 6.45) is 2.11. The van der Waals surface area contributed by atoms with Gasteiger partial charge in [0.25, 0.3) is 5.56 Å². The van der Waals surface area contributed by atoms with Crippen LogP contribution in [0.15, 0.2) is 21.9 Å². The molecule has 41 heavy (non-hydrogen) atoms. The van der Waals surface area contributed by atoms with Crippen molar-refractivity contribution in [2.24, 2.45) is 5.92 Å². The largest absolute Gasteiger partial charge is 0.510 e. The van der Waals surface area contributed by atoms with Crippen molar-refractivity contribution in [1.29, 1.82) is 0 Å². The van der Waals surface area contributed by atoms with E-state index in [1.165, 1.54) is 6.20 Å². The second-order valence-electron chi connectivity index (χ2n) is 8.03. The van der Waals surface area contributed by atoms with E-state index in [1.54, 1.807) is 27.7 Å². The number of aromatic amines is 1. The van der Waals surface area contributed by atoms with E-state index in [9.17, 15) is 23.7 Å². The predicted octanol–water partition coefficient (Wildman–Crippen LogP) is 2.90. The van der Waals surface area contributed by atoms with E-state index < -0.39 is 82.0 Å². The molecule has 0 amide bonds. The van der Waals surface area contributed by atoms with Gasteiger partial charge in [-0.15, -0.1) is 6.42 Å². The van der Waals surface area contributed by atoms with Crippen molar-refractivity contribution in [3.05, 3.63) is 33.1 Å². The van der Waals surface area contributed by atoms with Gasteiger partial charge in [-0.3, -0.25) is 18.9 Å². The van der Waals surface area contributed by atoms with Crippen LogP contribution in [0.25, 0.3) is 0 Å². The smallest absolute Gasteiger partial charge is 0.432 e. The lowest BCUT2D eigenvalue weighted by Gasteiger charge is -2.20. The molecular weight excluding hydrogens is 571 g/mol. The number of carbonyl (C=O) groups is 2. The number of aliphatic hydroxyl groups excluding tert-OH is 1. The number of phosphoric ester groups is 1. The molecule has 3 unspecified atom stereocenters. The van der Waals surface area contributed by atoms with Crippen molar-refractivity contribution in [3.8, 4) is 12.3 Å². The van der Waals surface area contributed by atoms with E-state index in [0.29, 0.717) is 0 Å². The summed E-state index contributed by atoms with van der Waals surface area (Å²) in [6.45, 7) is 8.19. The first-order valence-electron chi connectivity index (χ1n) is 12.5.